The van der Waals surface area contributed by atoms with Gasteiger partial charge < -0.3 is 5.11 Å². The van der Waals surface area contributed by atoms with Crippen LogP contribution in [-0.2, 0) is 10.0 Å². The first-order valence-electron chi connectivity index (χ1n) is 12.3. The Morgan fingerprint density at radius 1 is 0.930 bits per heavy atom. The van der Waals surface area contributed by atoms with Gasteiger partial charge >= 0.3 is 0 Å². The molecule has 0 aliphatic rings. The van der Waals surface area contributed by atoms with Crippen LogP contribution in [0.3, 0.4) is 0 Å². The van der Waals surface area contributed by atoms with Gasteiger partial charge in [-0.1, -0.05) is 53.0 Å². The van der Waals surface area contributed by atoms with Gasteiger partial charge in [-0.2, -0.15) is 0 Å². The molecule has 0 saturated heterocycles. The number of rotatable bonds is 8. The second-order valence-corrected chi connectivity index (χ2v) is 12.3. The van der Waals surface area contributed by atoms with E-state index in [9.17, 15) is 18.0 Å². The van der Waals surface area contributed by atoms with Crippen LogP contribution in [0.5, 0.6) is 0 Å². The number of aromatic nitrogens is 2. The van der Waals surface area contributed by atoms with Crippen molar-refractivity contribution in [1.29, 1.82) is 0 Å². The molecule has 0 saturated carbocycles. The minimum absolute atomic E-state index is 0.0185. The van der Waals surface area contributed by atoms with Crippen LogP contribution in [0.4, 0.5) is 14.5 Å². The first-order chi connectivity index (χ1) is 20.4. The van der Waals surface area contributed by atoms with Gasteiger partial charge in [-0.05, 0) is 48.0 Å². The minimum Gasteiger partial charge on any atom is -0.395 e. The SMILES string of the molecule is O=C(c1c(F)ccc(NS(=O)(=O)CCO)c1F)c1cn(C(=O)c2c(Cl)cccc2Cl)c2ncc(-c3ccc(Cl)cc3)cc12. The molecule has 0 bridgehead atoms. The van der Waals surface area contributed by atoms with Crippen molar-refractivity contribution >= 4 is 73.2 Å². The van der Waals surface area contributed by atoms with Crippen molar-refractivity contribution in [2.45, 2.75) is 0 Å². The summed E-state index contributed by atoms with van der Waals surface area (Å²) < 4.78 is 57.8. The summed E-state index contributed by atoms with van der Waals surface area (Å²) in [5.74, 6) is -5.50. The number of ketones is 1. The van der Waals surface area contributed by atoms with Gasteiger partial charge in [-0.15, -0.1) is 0 Å². The number of sulfonamides is 1. The molecule has 0 radical (unpaired) electrons. The summed E-state index contributed by atoms with van der Waals surface area (Å²) in [5, 5.41) is 9.55. The van der Waals surface area contributed by atoms with Crippen LogP contribution in [-0.4, -0.2) is 47.1 Å². The van der Waals surface area contributed by atoms with Gasteiger partial charge in [0.25, 0.3) is 5.91 Å². The highest BCUT2D eigenvalue weighted by Gasteiger charge is 2.29. The molecule has 5 aromatic rings. The fourth-order valence-electron chi connectivity index (χ4n) is 4.38. The summed E-state index contributed by atoms with van der Waals surface area (Å²) in [6.07, 6.45) is 2.50. The molecule has 5 rings (SSSR count). The Morgan fingerprint density at radius 3 is 2.26 bits per heavy atom. The van der Waals surface area contributed by atoms with Gasteiger partial charge in [-0.25, -0.2) is 22.2 Å². The summed E-state index contributed by atoms with van der Waals surface area (Å²) in [6, 6.07) is 14.1. The summed E-state index contributed by atoms with van der Waals surface area (Å²) in [6.45, 7) is -0.754. The van der Waals surface area contributed by atoms with Gasteiger partial charge in [-0.3, -0.25) is 18.9 Å². The third-order valence-corrected chi connectivity index (χ3v) is 8.54. The molecule has 0 amide bonds. The van der Waals surface area contributed by atoms with Crippen LogP contribution in [0.15, 0.2) is 73.1 Å². The summed E-state index contributed by atoms with van der Waals surface area (Å²) in [7, 11) is -4.21. The van der Waals surface area contributed by atoms with E-state index in [0.29, 0.717) is 16.1 Å². The van der Waals surface area contributed by atoms with E-state index in [1.54, 1.807) is 24.3 Å². The smallest absolute Gasteiger partial charge is 0.266 e. The number of pyridine rings is 1. The van der Waals surface area contributed by atoms with Gasteiger partial charge in [0.15, 0.2) is 5.82 Å². The largest absolute Gasteiger partial charge is 0.395 e. The zero-order valence-corrected chi connectivity index (χ0v) is 24.7. The number of anilines is 1. The lowest BCUT2D eigenvalue weighted by Gasteiger charge is -2.11. The zero-order valence-electron chi connectivity index (χ0n) is 21.6. The molecule has 220 valence electrons. The predicted octanol–water partition coefficient (Wildman–Crippen LogP) is 6.60. The standard InChI is InChI=1S/C29H18Cl3F2N3O5S/c30-17-6-4-15(5-7-17)16-12-18-19(14-37(28(18)35-13-16)29(40)24-20(31)2-1-3-21(24)32)27(39)25-22(33)8-9-23(26(25)34)36-43(41,42)11-10-38/h1-9,12-14,36,38H,10-11H2. The van der Waals surface area contributed by atoms with Gasteiger partial charge in [0.05, 0.1) is 44.8 Å². The average Bonchev–Trinajstić information content (AvgIpc) is 3.34. The third-order valence-electron chi connectivity index (χ3n) is 6.40. The number of hydrogen-bond donors (Lipinski definition) is 2. The Balaban J connectivity index is 1.72. The molecule has 0 fully saturated rings. The first kappa shape index (κ1) is 30.6. The van der Waals surface area contributed by atoms with E-state index >= 15 is 8.78 Å². The van der Waals surface area contributed by atoms with Crippen molar-refractivity contribution in [3.05, 3.63) is 116 Å². The molecular formula is C29H18Cl3F2N3O5S. The molecule has 43 heavy (non-hydrogen) atoms. The quantitative estimate of drug-likeness (QED) is 0.181. The topological polar surface area (TPSA) is 118 Å². The number of aliphatic hydroxyl groups excluding tert-OH is 1. The maximum Gasteiger partial charge on any atom is 0.266 e. The zero-order chi connectivity index (χ0) is 31.1. The monoisotopic (exact) mass is 663 g/mol. The lowest BCUT2D eigenvalue weighted by molar-refractivity contribution is 0.0964. The molecule has 8 nitrogen and oxygen atoms in total. The number of nitrogens with one attached hydrogen (secondary N) is 1. The normalized spacial score (nSPS) is 11.6. The van der Waals surface area contributed by atoms with Gasteiger partial charge in [0, 0.05) is 28.4 Å². The molecule has 2 aromatic heterocycles. The maximum atomic E-state index is 15.6. The molecule has 0 atom stereocenters. The van der Waals surface area contributed by atoms with Crippen LogP contribution in [0.1, 0.15) is 26.3 Å². The first-order valence-corrected chi connectivity index (χ1v) is 15.1. The minimum atomic E-state index is -4.21. The van der Waals surface area contributed by atoms with E-state index in [1.807, 2.05) is 4.72 Å². The summed E-state index contributed by atoms with van der Waals surface area (Å²) >= 11 is 18.5. The van der Waals surface area contributed by atoms with E-state index < -0.39 is 57.0 Å². The van der Waals surface area contributed by atoms with Crippen molar-refractivity contribution in [2.24, 2.45) is 0 Å². The fourth-order valence-corrected chi connectivity index (χ4v) is 5.90. The molecule has 0 aliphatic heterocycles. The summed E-state index contributed by atoms with van der Waals surface area (Å²) in [5.41, 5.74) is -1.11. The Bertz CT molecular complexity index is 2010. The Hall–Kier alpha value is -3.87. The molecule has 14 heteroatoms. The van der Waals surface area contributed by atoms with Crippen LogP contribution in [0.2, 0.25) is 15.1 Å². The number of fused-ring (bicyclic) bond motifs is 1. The lowest BCUT2D eigenvalue weighted by Crippen LogP contribution is -2.20. The highest BCUT2D eigenvalue weighted by atomic mass is 35.5. The maximum absolute atomic E-state index is 15.6. The van der Waals surface area contributed by atoms with Crippen molar-refractivity contribution in [3.63, 3.8) is 0 Å². The number of benzene rings is 3. The molecule has 0 aliphatic carbocycles. The van der Waals surface area contributed by atoms with Gasteiger partial charge in [0.1, 0.15) is 11.5 Å². The molecule has 2 N–H and O–H groups in total. The molecular weight excluding hydrogens is 647 g/mol. The number of carbonyl (C=O) groups excluding carboxylic acids is 2. The van der Waals surface area contributed by atoms with E-state index in [2.05, 4.69) is 4.98 Å². The number of hydrogen-bond acceptors (Lipinski definition) is 6. The number of carbonyl (C=O) groups is 2. The predicted molar refractivity (Wildman–Crippen MR) is 161 cm³/mol. The molecule has 2 heterocycles. The van der Waals surface area contributed by atoms with Crippen molar-refractivity contribution in [2.75, 3.05) is 17.1 Å². The third kappa shape index (κ3) is 5.99. The van der Waals surface area contributed by atoms with Crippen LogP contribution in [0, 0.1) is 11.6 Å². The second kappa shape index (κ2) is 12.0. The van der Waals surface area contributed by atoms with Crippen LogP contribution < -0.4 is 4.72 Å². The highest BCUT2D eigenvalue weighted by Crippen LogP contribution is 2.33. The van der Waals surface area contributed by atoms with E-state index in [4.69, 9.17) is 39.9 Å². The van der Waals surface area contributed by atoms with Gasteiger partial charge in [0.2, 0.25) is 15.8 Å². The van der Waals surface area contributed by atoms with E-state index in [0.717, 1.165) is 22.9 Å². The Labute approximate surface area is 258 Å². The average molecular weight is 665 g/mol. The van der Waals surface area contributed by atoms with E-state index in [1.165, 1.54) is 30.5 Å². The van der Waals surface area contributed by atoms with Crippen LogP contribution >= 0.6 is 34.8 Å². The molecule has 0 unspecified atom stereocenters. The van der Waals surface area contributed by atoms with Crippen molar-refractivity contribution in [1.82, 2.24) is 9.55 Å². The Kier molecular flexibility index (Phi) is 8.55. The Morgan fingerprint density at radius 2 is 1.60 bits per heavy atom. The number of aliphatic hydroxyl groups is 1. The molecule has 3 aromatic carbocycles. The number of nitrogens with zero attached hydrogens (tertiary/aromatic N) is 2. The van der Waals surface area contributed by atoms with Crippen LogP contribution in [0.25, 0.3) is 22.2 Å². The number of halogens is 5. The van der Waals surface area contributed by atoms with Crippen molar-refractivity contribution in [3.8, 4) is 11.1 Å². The summed E-state index contributed by atoms with van der Waals surface area (Å²) in [4.78, 5) is 31.9. The fraction of sp³-hybridized carbons (Fsp3) is 0.0690. The van der Waals surface area contributed by atoms with Crippen molar-refractivity contribution < 1.29 is 31.9 Å². The highest BCUT2D eigenvalue weighted by molar-refractivity contribution is 7.92. The van der Waals surface area contributed by atoms with E-state index in [-0.39, 0.29) is 32.2 Å². The molecule has 0 spiro atoms. The lowest BCUT2D eigenvalue weighted by atomic mass is 10.00. The second-order valence-electron chi connectivity index (χ2n) is 9.17.